The van der Waals surface area contributed by atoms with Crippen molar-refractivity contribution in [2.24, 2.45) is 5.16 Å². The average Bonchev–Trinajstić information content (AvgIpc) is 2.66. The Labute approximate surface area is 175 Å². The molecule has 0 saturated carbocycles. The van der Waals surface area contributed by atoms with Crippen molar-refractivity contribution in [2.75, 3.05) is 0 Å². The van der Waals surface area contributed by atoms with Gasteiger partial charge < -0.3 is 4.74 Å². The summed E-state index contributed by atoms with van der Waals surface area (Å²) in [7, 11) is 0. The zero-order chi connectivity index (χ0) is 25.0. The maximum Gasteiger partial charge on any atom is 0.535 e. The van der Waals surface area contributed by atoms with Crippen LogP contribution in [0.4, 0.5) is 44.3 Å². The van der Waals surface area contributed by atoms with Crippen molar-refractivity contribution >= 4 is 11.9 Å². The second kappa shape index (κ2) is 9.25. The van der Waals surface area contributed by atoms with Gasteiger partial charge in [0, 0.05) is 12.0 Å². The van der Waals surface area contributed by atoms with Crippen LogP contribution in [0.15, 0.2) is 35.5 Å². The lowest BCUT2D eigenvalue weighted by Gasteiger charge is -2.35. The lowest BCUT2D eigenvalue weighted by Crippen LogP contribution is -2.61. The summed E-state index contributed by atoms with van der Waals surface area (Å²) in [6.45, 7) is 1.77. The van der Waals surface area contributed by atoms with Crippen LogP contribution in [-0.4, -0.2) is 41.4 Å². The molecule has 0 radical (unpaired) electrons. The third-order valence-electron chi connectivity index (χ3n) is 3.97. The smallest absolute Gasteiger partial charge is 0.427 e. The van der Waals surface area contributed by atoms with E-state index in [0.29, 0.717) is 0 Å². The molecule has 0 N–H and O–H groups in total. The second-order valence-electron chi connectivity index (χ2n) is 6.97. The molecule has 0 aliphatic heterocycles. The molecule has 0 aliphatic rings. The van der Waals surface area contributed by atoms with Crippen LogP contribution in [0.1, 0.15) is 32.3 Å². The first-order valence-electron chi connectivity index (χ1n) is 8.51. The Kier molecular flexibility index (Phi) is 7.82. The predicted molar refractivity (Wildman–Crippen MR) is 90.4 cm³/mol. The van der Waals surface area contributed by atoms with Gasteiger partial charge in [-0.05, 0) is 20.3 Å². The zero-order valence-corrected chi connectivity index (χ0v) is 16.3. The van der Waals surface area contributed by atoms with E-state index in [2.05, 4.69) is 14.7 Å². The number of benzene rings is 1. The highest BCUT2D eigenvalue weighted by molar-refractivity contribution is 6.11. The van der Waals surface area contributed by atoms with Gasteiger partial charge in [0.05, 0.1) is 0 Å². The van der Waals surface area contributed by atoms with Crippen molar-refractivity contribution in [3.05, 3.63) is 35.9 Å². The van der Waals surface area contributed by atoms with Crippen LogP contribution >= 0.6 is 0 Å². The van der Waals surface area contributed by atoms with Crippen LogP contribution < -0.4 is 0 Å². The Morgan fingerprint density at radius 1 is 0.938 bits per heavy atom. The minimum atomic E-state index is -7.01. The molecule has 0 atom stereocenters. The molecule has 0 saturated heterocycles. The van der Waals surface area contributed by atoms with Gasteiger partial charge in [-0.2, -0.15) is 44.8 Å². The van der Waals surface area contributed by atoms with Crippen molar-refractivity contribution in [1.82, 2.24) is 0 Å². The van der Waals surface area contributed by atoms with Gasteiger partial charge in [-0.25, -0.2) is 4.79 Å². The molecule has 0 aromatic heterocycles. The fraction of sp³-hybridized carbons (Fsp3) is 0.500. The largest absolute Gasteiger partial charge is 0.535 e. The van der Waals surface area contributed by atoms with E-state index in [-0.39, 0.29) is 11.3 Å². The summed E-state index contributed by atoms with van der Waals surface area (Å²) in [5, 5.41) is 12.2. The maximum absolute atomic E-state index is 13.6. The minimum absolute atomic E-state index is 0.231. The summed E-state index contributed by atoms with van der Waals surface area (Å²) in [5.74, 6) is -19.6. The van der Waals surface area contributed by atoms with Gasteiger partial charge in [0.1, 0.15) is 11.7 Å². The lowest BCUT2D eigenvalue weighted by atomic mass is 9.94. The third kappa shape index (κ3) is 6.04. The highest BCUT2D eigenvalue weighted by Crippen LogP contribution is 2.54. The number of ether oxygens (including phenoxy) is 1. The summed E-state index contributed by atoms with van der Waals surface area (Å²) < 4.78 is 121. The molecule has 1 rings (SSSR count). The molecule has 5 nitrogen and oxygen atoms in total. The zero-order valence-electron chi connectivity index (χ0n) is 16.3. The Hall–Kier alpha value is -2.98. The molecule has 32 heavy (non-hydrogen) atoms. The number of nitrogens with zero attached hydrogens (tertiary/aromatic N) is 2. The molecule has 0 aliphatic carbocycles. The topological polar surface area (TPSA) is 71.7 Å². The fourth-order valence-corrected chi connectivity index (χ4v) is 2.13. The number of oxime groups is 1. The van der Waals surface area contributed by atoms with E-state index in [4.69, 9.17) is 5.26 Å². The average molecular weight is 478 g/mol. The van der Waals surface area contributed by atoms with Crippen LogP contribution in [0.25, 0.3) is 0 Å². The van der Waals surface area contributed by atoms with Crippen LogP contribution in [0.5, 0.6) is 0 Å². The first-order valence-corrected chi connectivity index (χ1v) is 8.51. The summed E-state index contributed by atoms with van der Waals surface area (Å²) in [4.78, 5) is 15.9. The Bertz CT molecular complexity index is 876. The predicted octanol–water partition coefficient (Wildman–Crippen LogP) is 6.09. The number of halogens is 9. The lowest BCUT2D eigenvalue weighted by molar-refractivity contribution is -0.397. The molecule has 1 aromatic rings. The fourth-order valence-electron chi connectivity index (χ4n) is 2.13. The number of carbonyl (C=O) groups excluding carboxylic acids is 1. The van der Waals surface area contributed by atoms with Gasteiger partial charge in [-0.15, -0.1) is 0 Å². The molecule has 0 fully saturated rings. The van der Waals surface area contributed by atoms with E-state index in [1.54, 1.807) is 12.1 Å². The van der Waals surface area contributed by atoms with Crippen molar-refractivity contribution in [3.63, 3.8) is 0 Å². The van der Waals surface area contributed by atoms with Crippen molar-refractivity contribution in [1.29, 1.82) is 5.26 Å². The van der Waals surface area contributed by atoms with E-state index in [1.165, 1.54) is 24.3 Å². The monoisotopic (exact) mass is 478 g/mol. The van der Waals surface area contributed by atoms with Crippen LogP contribution in [0.2, 0.25) is 0 Å². The number of hydrogen-bond donors (Lipinski definition) is 0. The molecular formula is C18H15F9N2O3. The van der Waals surface area contributed by atoms with E-state index in [1.807, 2.05) is 0 Å². The van der Waals surface area contributed by atoms with E-state index >= 15 is 0 Å². The number of carbonyl (C=O) groups is 1. The highest BCUT2D eigenvalue weighted by atomic mass is 19.4. The van der Waals surface area contributed by atoms with E-state index < -0.39 is 48.5 Å². The second-order valence-corrected chi connectivity index (χ2v) is 6.97. The molecule has 1 aromatic carbocycles. The SMILES string of the molecule is CC(C)(CCC(F)(F)C(F)(F)C(F)(F)C(F)(F)F)OC(=O)O/N=C(/C#N)c1ccccc1. The molecule has 0 heterocycles. The molecule has 0 unspecified atom stereocenters. The Morgan fingerprint density at radius 2 is 1.47 bits per heavy atom. The van der Waals surface area contributed by atoms with Crippen LogP contribution in [0, 0.1) is 11.3 Å². The first-order chi connectivity index (χ1) is 14.4. The van der Waals surface area contributed by atoms with Gasteiger partial charge in [-0.1, -0.05) is 35.5 Å². The van der Waals surface area contributed by atoms with Crippen molar-refractivity contribution in [2.45, 2.75) is 56.2 Å². The third-order valence-corrected chi connectivity index (χ3v) is 3.97. The quantitative estimate of drug-likeness (QED) is 0.149. The van der Waals surface area contributed by atoms with Crippen LogP contribution in [-0.2, 0) is 9.57 Å². The molecule has 0 spiro atoms. The number of hydrogen-bond acceptors (Lipinski definition) is 5. The molecule has 178 valence electrons. The first kappa shape index (κ1) is 27.1. The number of rotatable bonds is 8. The maximum atomic E-state index is 13.6. The Morgan fingerprint density at radius 3 is 1.94 bits per heavy atom. The van der Waals surface area contributed by atoms with Gasteiger partial charge >= 0.3 is 30.1 Å². The van der Waals surface area contributed by atoms with Gasteiger partial charge in [0.25, 0.3) is 0 Å². The summed E-state index contributed by atoms with van der Waals surface area (Å²) in [6.07, 6.45) is -12.0. The molecule has 0 bridgehead atoms. The van der Waals surface area contributed by atoms with E-state index in [0.717, 1.165) is 13.8 Å². The van der Waals surface area contributed by atoms with Gasteiger partial charge in [0.2, 0.25) is 0 Å². The Balaban J connectivity index is 2.83. The van der Waals surface area contributed by atoms with Crippen molar-refractivity contribution < 1.29 is 53.9 Å². The number of nitriles is 1. The van der Waals surface area contributed by atoms with Crippen molar-refractivity contribution in [3.8, 4) is 6.07 Å². The summed E-state index contributed by atoms with van der Waals surface area (Å²) in [6, 6.07) is 9.13. The number of alkyl halides is 9. The molecule has 14 heteroatoms. The van der Waals surface area contributed by atoms with Crippen LogP contribution in [0.3, 0.4) is 0 Å². The standard InChI is InChI=1S/C18H15F9N2O3/c1-14(2,8-9-15(19,20)16(21,22)17(23,24)18(25,26)27)31-13(30)32-29-12(10-28)11-6-4-3-5-7-11/h3-7H,8-9H2,1-2H3/b29-12-. The summed E-state index contributed by atoms with van der Waals surface area (Å²) in [5.41, 5.74) is -2.23. The molecular weight excluding hydrogens is 463 g/mol. The van der Waals surface area contributed by atoms with E-state index in [9.17, 15) is 44.3 Å². The highest BCUT2D eigenvalue weighted by Gasteiger charge is 2.81. The molecule has 0 amide bonds. The minimum Gasteiger partial charge on any atom is -0.427 e. The van der Waals surface area contributed by atoms with Gasteiger partial charge in [0.15, 0.2) is 5.71 Å². The summed E-state index contributed by atoms with van der Waals surface area (Å²) >= 11 is 0. The van der Waals surface area contributed by atoms with Gasteiger partial charge in [-0.3, -0.25) is 4.84 Å². The normalized spacial score (nSPS) is 14.0.